The van der Waals surface area contributed by atoms with E-state index >= 15 is 0 Å². The van der Waals surface area contributed by atoms with Crippen LogP contribution in [0.4, 0.5) is 0 Å². The first-order valence-electron chi connectivity index (χ1n) is 10.8. The van der Waals surface area contributed by atoms with Gasteiger partial charge in [-0.3, -0.25) is 0 Å². The van der Waals surface area contributed by atoms with Crippen molar-refractivity contribution in [2.75, 3.05) is 20.3 Å². The lowest BCUT2D eigenvalue weighted by Crippen LogP contribution is -2.65. The molecule has 4 N–H and O–H groups in total. The number of fused-ring (bicyclic) bond motifs is 2. The van der Waals surface area contributed by atoms with E-state index in [4.69, 9.17) is 25.9 Å². The summed E-state index contributed by atoms with van der Waals surface area (Å²) in [6.45, 7) is 1.25. The van der Waals surface area contributed by atoms with E-state index in [0.717, 1.165) is 28.8 Å². The van der Waals surface area contributed by atoms with Gasteiger partial charge < -0.3 is 34.7 Å². The molecule has 0 unspecified atom stereocenters. The normalized spacial score (nSPS) is 31.6. The summed E-state index contributed by atoms with van der Waals surface area (Å²) in [6.07, 6.45) is -3.37. The number of aliphatic hydroxyl groups is 4. The summed E-state index contributed by atoms with van der Waals surface area (Å²) in [5.74, 6) is -1.72. The minimum atomic E-state index is -1.72. The molecule has 2 aliphatic heterocycles. The van der Waals surface area contributed by atoms with Crippen molar-refractivity contribution >= 4 is 17.3 Å². The molecule has 2 fully saturated rings. The monoisotopic (exact) mass is 477 g/mol. The Bertz CT molecular complexity index is 1030. The lowest BCUT2D eigenvalue weighted by atomic mass is 9.83. The fourth-order valence-electron chi connectivity index (χ4n) is 4.47. The molecule has 2 bridgehead atoms. The lowest BCUT2D eigenvalue weighted by Gasteiger charge is -2.46. The van der Waals surface area contributed by atoms with Crippen LogP contribution in [0.15, 0.2) is 47.6 Å². The molecule has 2 aromatic carbocycles. The average molecular weight is 478 g/mol. The van der Waals surface area contributed by atoms with Gasteiger partial charge in [-0.05, 0) is 41.7 Å². The molecule has 0 aromatic heterocycles. The number of hydrogen-bond donors (Lipinski definition) is 4. The summed E-state index contributed by atoms with van der Waals surface area (Å²) in [6, 6.07) is 13.0. The minimum Gasteiger partial charge on any atom is -0.399 e. The molecule has 33 heavy (non-hydrogen) atoms. The summed E-state index contributed by atoms with van der Waals surface area (Å²) in [7, 11) is 1.52. The summed E-state index contributed by atoms with van der Waals surface area (Å²) in [5, 5.41) is 45.9. The smallest absolute Gasteiger partial charge is 0.225 e. The molecular weight excluding hydrogens is 450 g/mol. The van der Waals surface area contributed by atoms with E-state index in [1.54, 1.807) is 18.2 Å². The first-order valence-corrected chi connectivity index (χ1v) is 11.2. The van der Waals surface area contributed by atoms with Gasteiger partial charge in [0.2, 0.25) is 5.79 Å². The molecule has 5 atom stereocenters. The molecular formula is C24H28ClNO7. The van der Waals surface area contributed by atoms with Gasteiger partial charge in [0.25, 0.3) is 0 Å². The van der Waals surface area contributed by atoms with Crippen molar-refractivity contribution in [2.45, 2.75) is 49.5 Å². The van der Waals surface area contributed by atoms with E-state index < -0.39 is 36.3 Å². The summed E-state index contributed by atoms with van der Waals surface area (Å²) >= 11 is 6.46. The molecule has 0 saturated carbocycles. The van der Waals surface area contributed by atoms with Crippen LogP contribution in [0.3, 0.4) is 0 Å². The number of halogens is 1. The van der Waals surface area contributed by atoms with Gasteiger partial charge in [0.05, 0.1) is 18.9 Å². The van der Waals surface area contributed by atoms with Gasteiger partial charge >= 0.3 is 0 Å². The molecule has 9 heteroatoms. The zero-order valence-electron chi connectivity index (χ0n) is 18.4. The Balaban J connectivity index is 1.63. The molecule has 178 valence electrons. The molecule has 0 spiro atoms. The van der Waals surface area contributed by atoms with E-state index in [-0.39, 0.29) is 6.61 Å². The second kappa shape index (κ2) is 9.31. The molecule has 2 saturated heterocycles. The van der Waals surface area contributed by atoms with Crippen molar-refractivity contribution in [1.82, 2.24) is 0 Å². The average Bonchev–Trinajstić information content (AvgIpc) is 3.22. The second-order valence-corrected chi connectivity index (χ2v) is 8.82. The van der Waals surface area contributed by atoms with Gasteiger partial charge in [0.1, 0.15) is 31.0 Å². The highest BCUT2D eigenvalue weighted by atomic mass is 35.5. The van der Waals surface area contributed by atoms with E-state index in [2.05, 4.69) is 5.16 Å². The van der Waals surface area contributed by atoms with Gasteiger partial charge in [-0.1, -0.05) is 54.0 Å². The number of rotatable bonds is 7. The zero-order valence-corrected chi connectivity index (χ0v) is 19.2. The standard InChI is InChI=1S/C24H28ClNO7/c1-3-19(26-31-2)15-6-4-14(5-7-15)10-16-11-17(8-9-18(16)25)24-22(30)20(28)21(29)23(12-27,33-24)13-32-24/h4-9,11,20-22,27-30H,3,10,12-13H2,1-2H3/b26-19+/t20-,21-,22+,23-,24-/m0/s1. The Labute approximate surface area is 197 Å². The molecule has 2 aliphatic rings. The SMILES string of the molecule is CC/C(=N\OC)c1ccc(Cc2cc([C@]34OC[C@](CO)(O3)[C@@H](O)[C@H](O)[C@H]4O)ccc2Cl)cc1. The topological polar surface area (TPSA) is 121 Å². The van der Waals surface area contributed by atoms with Crippen LogP contribution in [0.1, 0.15) is 35.6 Å². The summed E-state index contributed by atoms with van der Waals surface area (Å²) < 4.78 is 11.7. The van der Waals surface area contributed by atoms with Crippen molar-refractivity contribution in [1.29, 1.82) is 0 Å². The van der Waals surface area contributed by atoms with E-state index in [1.165, 1.54) is 7.11 Å². The highest BCUT2D eigenvalue weighted by Gasteiger charge is 2.67. The van der Waals surface area contributed by atoms with E-state index in [1.807, 2.05) is 31.2 Å². The molecule has 2 heterocycles. The fourth-order valence-corrected chi connectivity index (χ4v) is 4.65. The van der Waals surface area contributed by atoms with E-state index in [9.17, 15) is 20.4 Å². The number of oxime groups is 1. The second-order valence-electron chi connectivity index (χ2n) is 8.42. The first-order chi connectivity index (χ1) is 15.8. The van der Waals surface area contributed by atoms with Crippen molar-refractivity contribution < 1.29 is 34.7 Å². The molecule has 0 radical (unpaired) electrons. The van der Waals surface area contributed by atoms with Crippen LogP contribution in [0.25, 0.3) is 0 Å². The van der Waals surface area contributed by atoms with Gasteiger partial charge in [0, 0.05) is 10.6 Å². The first kappa shape index (κ1) is 24.1. The van der Waals surface area contributed by atoms with Crippen molar-refractivity contribution in [3.05, 3.63) is 69.7 Å². The predicted molar refractivity (Wildman–Crippen MR) is 121 cm³/mol. The van der Waals surface area contributed by atoms with Crippen LogP contribution in [-0.4, -0.2) is 70.4 Å². The van der Waals surface area contributed by atoms with Crippen LogP contribution < -0.4 is 0 Å². The largest absolute Gasteiger partial charge is 0.399 e. The van der Waals surface area contributed by atoms with Crippen molar-refractivity contribution in [3.8, 4) is 0 Å². The quantitative estimate of drug-likeness (QED) is 0.354. The molecule has 0 amide bonds. The Morgan fingerprint density at radius 2 is 1.88 bits per heavy atom. The molecule has 4 rings (SSSR count). The minimum absolute atomic E-state index is 0.180. The molecule has 2 aromatic rings. The zero-order chi connectivity index (χ0) is 23.8. The highest BCUT2D eigenvalue weighted by molar-refractivity contribution is 6.31. The number of aliphatic hydroxyl groups excluding tert-OH is 4. The summed E-state index contributed by atoms with van der Waals surface area (Å²) in [4.78, 5) is 4.90. The van der Waals surface area contributed by atoms with Crippen LogP contribution in [-0.2, 0) is 26.5 Å². The van der Waals surface area contributed by atoms with Gasteiger partial charge in [-0.25, -0.2) is 0 Å². The third-order valence-electron chi connectivity index (χ3n) is 6.40. The van der Waals surface area contributed by atoms with Crippen LogP contribution in [0, 0.1) is 0 Å². The van der Waals surface area contributed by atoms with Crippen LogP contribution in [0.2, 0.25) is 5.02 Å². The Hall–Kier alpha value is -2.04. The van der Waals surface area contributed by atoms with E-state index in [0.29, 0.717) is 17.0 Å². The van der Waals surface area contributed by atoms with Crippen molar-refractivity contribution in [3.63, 3.8) is 0 Å². The third-order valence-corrected chi connectivity index (χ3v) is 6.76. The summed E-state index contributed by atoms with van der Waals surface area (Å²) in [5.41, 5.74) is 2.49. The number of ether oxygens (including phenoxy) is 2. The third kappa shape index (κ3) is 4.06. The maximum Gasteiger partial charge on any atom is 0.225 e. The van der Waals surface area contributed by atoms with Crippen molar-refractivity contribution in [2.24, 2.45) is 5.16 Å². The number of nitrogens with zero attached hydrogens (tertiary/aromatic N) is 1. The predicted octanol–water partition coefficient (Wildman–Crippen LogP) is 1.72. The van der Waals surface area contributed by atoms with Gasteiger partial charge in [-0.15, -0.1) is 0 Å². The maximum absolute atomic E-state index is 10.8. The molecule has 8 nitrogen and oxygen atoms in total. The number of benzene rings is 2. The van der Waals surface area contributed by atoms with Gasteiger partial charge in [0.15, 0.2) is 0 Å². The number of hydrogen-bond acceptors (Lipinski definition) is 8. The Kier molecular flexibility index (Phi) is 6.80. The maximum atomic E-state index is 10.8. The van der Waals surface area contributed by atoms with Crippen LogP contribution in [0.5, 0.6) is 0 Å². The fraction of sp³-hybridized carbons (Fsp3) is 0.458. The molecule has 0 aliphatic carbocycles. The lowest BCUT2D eigenvalue weighted by molar-refractivity contribution is -0.329. The van der Waals surface area contributed by atoms with Gasteiger partial charge in [-0.2, -0.15) is 0 Å². The highest BCUT2D eigenvalue weighted by Crippen LogP contribution is 2.49. The van der Waals surface area contributed by atoms with Crippen LogP contribution >= 0.6 is 11.6 Å². The Morgan fingerprint density at radius 1 is 1.15 bits per heavy atom. The Morgan fingerprint density at radius 3 is 2.52 bits per heavy atom.